The SMILES string of the molecule is CNc1ncccc1C(=O)N(Cc1ccc(OC)c2ccccc12)C(C)C. The van der Waals surface area contributed by atoms with Crippen molar-refractivity contribution in [1.82, 2.24) is 9.88 Å². The van der Waals surface area contributed by atoms with Gasteiger partial charge >= 0.3 is 0 Å². The predicted octanol–water partition coefficient (Wildman–Crippen LogP) is 4.34. The minimum atomic E-state index is -0.0395. The zero-order valence-electron chi connectivity index (χ0n) is 16.2. The fourth-order valence-electron chi connectivity index (χ4n) is 3.25. The van der Waals surface area contributed by atoms with Gasteiger partial charge < -0.3 is 15.0 Å². The Morgan fingerprint density at radius 1 is 1.11 bits per heavy atom. The Morgan fingerprint density at radius 2 is 1.85 bits per heavy atom. The summed E-state index contributed by atoms with van der Waals surface area (Å²) >= 11 is 0. The second-order valence-corrected chi connectivity index (χ2v) is 6.65. The third-order valence-corrected chi connectivity index (χ3v) is 4.69. The van der Waals surface area contributed by atoms with Gasteiger partial charge in [0.2, 0.25) is 0 Å². The Bertz CT molecular complexity index is 953. The molecule has 0 atom stereocenters. The number of rotatable bonds is 6. The molecule has 0 spiro atoms. The number of methoxy groups -OCH3 is 1. The maximum absolute atomic E-state index is 13.3. The summed E-state index contributed by atoms with van der Waals surface area (Å²) in [5, 5.41) is 5.14. The van der Waals surface area contributed by atoms with E-state index in [-0.39, 0.29) is 11.9 Å². The van der Waals surface area contributed by atoms with E-state index in [0.717, 1.165) is 22.1 Å². The Morgan fingerprint density at radius 3 is 2.52 bits per heavy atom. The van der Waals surface area contributed by atoms with E-state index in [2.05, 4.69) is 16.4 Å². The molecule has 0 aliphatic rings. The number of hydrogen-bond acceptors (Lipinski definition) is 4. The molecule has 0 saturated carbocycles. The molecule has 1 N–H and O–H groups in total. The molecule has 0 aliphatic heterocycles. The lowest BCUT2D eigenvalue weighted by atomic mass is 10.0. The molecule has 0 aliphatic carbocycles. The highest BCUT2D eigenvalue weighted by atomic mass is 16.5. The first kappa shape index (κ1) is 18.7. The lowest BCUT2D eigenvalue weighted by Gasteiger charge is -2.28. The van der Waals surface area contributed by atoms with Crippen LogP contribution in [0, 0.1) is 0 Å². The molecule has 0 radical (unpaired) electrons. The first-order valence-corrected chi connectivity index (χ1v) is 9.05. The van der Waals surface area contributed by atoms with E-state index in [4.69, 9.17) is 4.74 Å². The average molecular weight is 363 g/mol. The topological polar surface area (TPSA) is 54.5 Å². The fourth-order valence-corrected chi connectivity index (χ4v) is 3.25. The summed E-state index contributed by atoms with van der Waals surface area (Å²) in [6.07, 6.45) is 1.68. The lowest BCUT2D eigenvalue weighted by molar-refractivity contribution is 0.0692. The van der Waals surface area contributed by atoms with Crippen molar-refractivity contribution in [2.45, 2.75) is 26.4 Å². The number of carbonyl (C=O) groups excluding carboxylic acids is 1. The van der Waals surface area contributed by atoms with E-state index >= 15 is 0 Å². The molecule has 140 valence electrons. The van der Waals surface area contributed by atoms with Crippen molar-refractivity contribution in [3.05, 3.63) is 65.9 Å². The number of aromatic nitrogens is 1. The Labute approximate surface area is 160 Å². The van der Waals surface area contributed by atoms with Gasteiger partial charge in [0.1, 0.15) is 11.6 Å². The molecule has 1 aromatic heterocycles. The van der Waals surface area contributed by atoms with E-state index in [0.29, 0.717) is 17.9 Å². The fraction of sp³-hybridized carbons (Fsp3) is 0.273. The van der Waals surface area contributed by atoms with Crippen LogP contribution in [0.25, 0.3) is 10.8 Å². The standard InChI is InChI=1S/C22H25N3O2/c1-15(2)25(22(26)19-10-7-13-24-21(19)23-3)14-16-11-12-20(27-4)18-9-6-5-8-17(16)18/h5-13,15H,14H2,1-4H3,(H,23,24). The van der Waals surface area contributed by atoms with Crippen LogP contribution in [0.15, 0.2) is 54.7 Å². The van der Waals surface area contributed by atoms with Gasteiger partial charge in [-0.2, -0.15) is 0 Å². The van der Waals surface area contributed by atoms with Crippen LogP contribution in [0.3, 0.4) is 0 Å². The number of anilines is 1. The van der Waals surface area contributed by atoms with Crippen LogP contribution in [0.4, 0.5) is 5.82 Å². The van der Waals surface area contributed by atoms with Gasteiger partial charge in [0.25, 0.3) is 5.91 Å². The number of nitrogens with zero attached hydrogens (tertiary/aromatic N) is 2. The largest absolute Gasteiger partial charge is 0.496 e. The first-order valence-electron chi connectivity index (χ1n) is 9.05. The zero-order chi connectivity index (χ0) is 19.4. The second kappa shape index (κ2) is 8.08. The van der Waals surface area contributed by atoms with Crippen LogP contribution in [0.1, 0.15) is 29.8 Å². The Balaban J connectivity index is 2.01. The molecule has 1 amide bonds. The van der Waals surface area contributed by atoms with Gasteiger partial charge in [0.05, 0.1) is 12.7 Å². The Hall–Kier alpha value is -3.08. The predicted molar refractivity (Wildman–Crippen MR) is 109 cm³/mol. The molecule has 5 heteroatoms. The van der Waals surface area contributed by atoms with E-state index in [1.807, 2.05) is 55.1 Å². The molecule has 0 unspecified atom stereocenters. The third kappa shape index (κ3) is 3.72. The molecule has 1 heterocycles. The summed E-state index contributed by atoms with van der Waals surface area (Å²) in [6, 6.07) is 15.7. The van der Waals surface area contributed by atoms with Crippen LogP contribution in [-0.4, -0.2) is 36.0 Å². The number of carbonyl (C=O) groups is 1. The smallest absolute Gasteiger partial charge is 0.258 e. The van der Waals surface area contributed by atoms with Gasteiger partial charge in [-0.25, -0.2) is 4.98 Å². The van der Waals surface area contributed by atoms with Crippen LogP contribution < -0.4 is 10.1 Å². The molecule has 2 aromatic carbocycles. The van der Waals surface area contributed by atoms with Gasteiger partial charge in [0, 0.05) is 31.2 Å². The molecular weight excluding hydrogens is 338 g/mol. The number of pyridine rings is 1. The highest BCUT2D eigenvalue weighted by Gasteiger charge is 2.23. The van der Waals surface area contributed by atoms with Crippen molar-refractivity contribution in [3.63, 3.8) is 0 Å². The molecule has 3 aromatic rings. The monoisotopic (exact) mass is 363 g/mol. The van der Waals surface area contributed by atoms with Crippen LogP contribution in [0.5, 0.6) is 5.75 Å². The van der Waals surface area contributed by atoms with Gasteiger partial charge in [-0.15, -0.1) is 0 Å². The lowest BCUT2D eigenvalue weighted by Crippen LogP contribution is -2.36. The molecule has 5 nitrogen and oxygen atoms in total. The van der Waals surface area contributed by atoms with E-state index in [1.54, 1.807) is 26.4 Å². The second-order valence-electron chi connectivity index (χ2n) is 6.65. The zero-order valence-corrected chi connectivity index (χ0v) is 16.2. The van der Waals surface area contributed by atoms with Gasteiger partial charge in [0.15, 0.2) is 0 Å². The van der Waals surface area contributed by atoms with Crippen molar-refractivity contribution in [2.75, 3.05) is 19.5 Å². The number of hydrogen-bond donors (Lipinski definition) is 1. The van der Waals surface area contributed by atoms with Gasteiger partial charge in [-0.1, -0.05) is 30.3 Å². The van der Waals surface area contributed by atoms with Gasteiger partial charge in [-0.05, 0) is 43.0 Å². The van der Waals surface area contributed by atoms with E-state index in [1.165, 1.54) is 0 Å². The molecule has 0 saturated heterocycles. The van der Waals surface area contributed by atoms with Crippen LogP contribution >= 0.6 is 0 Å². The molecule has 0 fully saturated rings. The number of amides is 1. The molecule has 3 rings (SSSR count). The minimum Gasteiger partial charge on any atom is -0.496 e. The normalized spacial score (nSPS) is 10.9. The highest BCUT2D eigenvalue weighted by Crippen LogP contribution is 2.30. The summed E-state index contributed by atoms with van der Waals surface area (Å²) in [7, 11) is 3.45. The summed E-state index contributed by atoms with van der Waals surface area (Å²) in [5.74, 6) is 1.39. The van der Waals surface area contributed by atoms with Crippen molar-refractivity contribution < 1.29 is 9.53 Å². The first-order chi connectivity index (χ1) is 13.1. The highest BCUT2D eigenvalue weighted by molar-refractivity contribution is 5.99. The van der Waals surface area contributed by atoms with Gasteiger partial charge in [-0.3, -0.25) is 4.79 Å². The summed E-state index contributed by atoms with van der Waals surface area (Å²) in [4.78, 5) is 19.4. The summed E-state index contributed by atoms with van der Waals surface area (Å²) < 4.78 is 5.48. The van der Waals surface area contributed by atoms with Crippen LogP contribution in [-0.2, 0) is 6.54 Å². The van der Waals surface area contributed by atoms with Crippen molar-refractivity contribution in [3.8, 4) is 5.75 Å². The van der Waals surface area contributed by atoms with E-state index < -0.39 is 0 Å². The third-order valence-electron chi connectivity index (χ3n) is 4.69. The van der Waals surface area contributed by atoms with Crippen molar-refractivity contribution in [2.24, 2.45) is 0 Å². The molecule has 27 heavy (non-hydrogen) atoms. The summed E-state index contributed by atoms with van der Waals surface area (Å²) in [5.41, 5.74) is 1.66. The minimum absolute atomic E-state index is 0.0395. The average Bonchev–Trinajstić information content (AvgIpc) is 2.71. The summed E-state index contributed by atoms with van der Waals surface area (Å²) in [6.45, 7) is 4.57. The molecular formula is C22H25N3O2. The number of ether oxygens (including phenoxy) is 1. The van der Waals surface area contributed by atoms with Crippen molar-refractivity contribution in [1.29, 1.82) is 0 Å². The maximum Gasteiger partial charge on any atom is 0.258 e. The molecule has 0 bridgehead atoms. The quantitative estimate of drug-likeness (QED) is 0.708. The van der Waals surface area contributed by atoms with Crippen molar-refractivity contribution >= 4 is 22.5 Å². The number of benzene rings is 2. The van der Waals surface area contributed by atoms with Crippen LogP contribution in [0.2, 0.25) is 0 Å². The Kier molecular flexibility index (Phi) is 5.60. The maximum atomic E-state index is 13.3. The van der Waals surface area contributed by atoms with E-state index in [9.17, 15) is 4.79 Å². The number of fused-ring (bicyclic) bond motifs is 1. The number of nitrogens with one attached hydrogen (secondary N) is 1.